The fraction of sp³-hybridized carbons (Fsp3) is 0.364. The maximum Gasteiger partial charge on any atom is 0.244 e. The Labute approximate surface area is 125 Å². The van der Waals surface area contributed by atoms with Crippen LogP contribution in [0.3, 0.4) is 0 Å². The fourth-order valence-corrected chi connectivity index (χ4v) is 3.91. The second-order valence-corrected chi connectivity index (χ2v) is 6.72. The summed E-state index contributed by atoms with van der Waals surface area (Å²) in [5.74, 6) is -0.987. The molecule has 0 spiro atoms. The summed E-state index contributed by atoms with van der Waals surface area (Å²) in [6, 6.07) is 4.10. The fourth-order valence-electron chi connectivity index (χ4n) is 1.77. The van der Waals surface area contributed by atoms with Gasteiger partial charge in [-0.2, -0.15) is 9.57 Å². The Bertz CT molecular complexity index is 675. The molecule has 1 saturated heterocycles. The number of morpholine rings is 1. The molecule has 20 heavy (non-hydrogen) atoms. The molecular formula is C11H9Cl2FN2O3S. The van der Waals surface area contributed by atoms with Crippen molar-refractivity contribution in [3.05, 3.63) is 28.0 Å². The molecule has 9 heteroatoms. The van der Waals surface area contributed by atoms with E-state index in [1.54, 1.807) is 0 Å². The Morgan fingerprint density at radius 2 is 2.15 bits per heavy atom. The average molecular weight is 339 g/mol. The van der Waals surface area contributed by atoms with E-state index in [0.717, 1.165) is 16.4 Å². The number of hydrogen-bond donors (Lipinski definition) is 0. The van der Waals surface area contributed by atoms with Gasteiger partial charge in [-0.3, -0.25) is 0 Å². The quantitative estimate of drug-likeness (QED) is 0.773. The summed E-state index contributed by atoms with van der Waals surface area (Å²) in [6.45, 7) is 0.0334. The molecule has 1 aromatic rings. The van der Waals surface area contributed by atoms with Crippen LogP contribution in [0.4, 0.5) is 4.39 Å². The lowest BCUT2D eigenvalue weighted by Crippen LogP contribution is -2.45. The summed E-state index contributed by atoms with van der Waals surface area (Å²) in [6.07, 6.45) is -0.852. The Kier molecular flexibility index (Phi) is 4.52. The van der Waals surface area contributed by atoms with Crippen molar-refractivity contribution in [3.63, 3.8) is 0 Å². The van der Waals surface area contributed by atoms with Crippen LogP contribution in [0.5, 0.6) is 0 Å². The van der Waals surface area contributed by atoms with Gasteiger partial charge in [0, 0.05) is 6.54 Å². The number of ether oxygens (including phenoxy) is 1. The molecule has 1 aliphatic heterocycles. The van der Waals surface area contributed by atoms with Crippen LogP contribution in [-0.2, 0) is 14.8 Å². The molecule has 0 bridgehead atoms. The first kappa shape index (κ1) is 15.5. The first-order valence-electron chi connectivity index (χ1n) is 5.53. The predicted octanol–water partition coefficient (Wildman–Crippen LogP) is 2.05. The number of halogens is 3. The van der Waals surface area contributed by atoms with Crippen LogP contribution >= 0.6 is 23.2 Å². The molecule has 108 valence electrons. The molecule has 0 amide bonds. The third kappa shape index (κ3) is 2.75. The van der Waals surface area contributed by atoms with Gasteiger partial charge >= 0.3 is 0 Å². The number of sulfonamides is 1. The van der Waals surface area contributed by atoms with Gasteiger partial charge in [0.05, 0.1) is 29.3 Å². The Morgan fingerprint density at radius 3 is 2.80 bits per heavy atom. The van der Waals surface area contributed by atoms with Crippen LogP contribution in [0.25, 0.3) is 0 Å². The van der Waals surface area contributed by atoms with Crippen molar-refractivity contribution in [2.75, 3.05) is 19.7 Å². The molecule has 0 radical (unpaired) electrons. The molecular weight excluding hydrogens is 330 g/mol. The summed E-state index contributed by atoms with van der Waals surface area (Å²) in [5, 5.41) is 7.96. The van der Waals surface area contributed by atoms with Crippen molar-refractivity contribution >= 4 is 33.2 Å². The summed E-state index contributed by atoms with van der Waals surface area (Å²) < 4.78 is 44.5. The Morgan fingerprint density at radius 1 is 1.45 bits per heavy atom. The highest BCUT2D eigenvalue weighted by atomic mass is 35.5. The highest BCUT2D eigenvalue weighted by Crippen LogP contribution is 2.31. The van der Waals surface area contributed by atoms with Crippen LogP contribution in [0.1, 0.15) is 0 Å². The maximum absolute atomic E-state index is 13.6. The van der Waals surface area contributed by atoms with Gasteiger partial charge in [-0.25, -0.2) is 12.8 Å². The van der Waals surface area contributed by atoms with Gasteiger partial charge in [-0.15, -0.1) is 0 Å². The highest BCUT2D eigenvalue weighted by Gasteiger charge is 2.33. The van der Waals surface area contributed by atoms with Gasteiger partial charge in [-0.05, 0) is 12.1 Å². The Hall–Kier alpha value is -0.910. The van der Waals surface area contributed by atoms with Crippen molar-refractivity contribution in [2.24, 2.45) is 0 Å². The van der Waals surface area contributed by atoms with E-state index in [0.29, 0.717) is 0 Å². The van der Waals surface area contributed by atoms with Crippen molar-refractivity contribution in [1.82, 2.24) is 4.31 Å². The van der Waals surface area contributed by atoms with Gasteiger partial charge in [0.2, 0.25) is 10.0 Å². The number of hydrogen-bond acceptors (Lipinski definition) is 4. The third-order valence-corrected chi connectivity index (χ3v) is 5.47. The minimum atomic E-state index is -4.00. The van der Waals surface area contributed by atoms with Gasteiger partial charge in [0.15, 0.2) is 11.9 Å². The van der Waals surface area contributed by atoms with E-state index in [-0.39, 0.29) is 29.6 Å². The van der Waals surface area contributed by atoms with Crippen LogP contribution in [0, 0.1) is 17.1 Å². The number of rotatable bonds is 2. The number of benzene rings is 1. The van der Waals surface area contributed by atoms with E-state index in [4.69, 9.17) is 33.2 Å². The van der Waals surface area contributed by atoms with Crippen molar-refractivity contribution < 1.29 is 17.5 Å². The lowest BCUT2D eigenvalue weighted by Gasteiger charge is -2.29. The zero-order valence-corrected chi connectivity index (χ0v) is 12.3. The minimum Gasteiger partial charge on any atom is -0.361 e. The topological polar surface area (TPSA) is 70.4 Å². The molecule has 0 aromatic heterocycles. The molecule has 1 aliphatic rings. The summed E-state index contributed by atoms with van der Waals surface area (Å²) in [4.78, 5) is -0.375. The first-order chi connectivity index (χ1) is 9.37. The highest BCUT2D eigenvalue weighted by molar-refractivity contribution is 7.89. The van der Waals surface area contributed by atoms with E-state index < -0.39 is 27.0 Å². The van der Waals surface area contributed by atoms with E-state index in [1.807, 2.05) is 6.07 Å². The van der Waals surface area contributed by atoms with Gasteiger partial charge in [0.1, 0.15) is 4.90 Å². The third-order valence-electron chi connectivity index (χ3n) is 2.79. The molecule has 0 saturated carbocycles. The zero-order valence-electron chi connectivity index (χ0n) is 10.0. The van der Waals surface area contributed by atoms with Crippen molar-refractivity contribution in [2.45, 2.75) is 11.0 Å². The normalized spacial score (nSPS) is 20.6. The zero-order chi connectivity index (χ0) is 14.9. The van der Waals surface area contributed by atoms with Crippen LogP contribution in [0.15, 0.2) is 17.0 Å². The molecule has 5 nitrogen and oxygen atoms in total. The molecule has 1 fully saturated rings. The van der Waals surface area contributed by atoms with Crippen LogP contribution < -0.4 is 0 Å². The summed E-state index contributed by atoms with van der Waals surface area (Å²) in [7, 11) is -4.00. The van der Waals surface area contributed by atoms with E-state index in [1.165, 1.54) is 0 Å². The monoisotopic (exact) mass is 338 g/mol. The largest absolute Gasteiger partial charge is 0.361 e. The molecule has 1 aromatic carbocycles. The smallest absolute Gasteiger partial charge is 0.244 e. The van der Waals surface area contributed by atoms with Crippen LogP contribution in [-0.4, -0.2) is 38.5 Å². The minimum absolute atomic E-state index is 0.0705. The van der Waals surface area contributed by atoms with E-state index in [9.17, 15) is 12.8 Å². The van der Waals surface area contributed by atoms with Crippen molar-refractivity contribution in [1.29, 1.82) is 5.26 Å². The maximum atomic E-state index is 13.6. The SMILES string of the molecule is N#CC1CN(S(=O)(=O)c2ccc(Cl)c(F)c2Cl)CCO1. The molecule has 1 unspecified atom stereocenters. The van der Waals surface area contributed by atoms with Gasteiger partial charge in [0.25, 0.3) is 0 Å². The average Bonchev–Trinajstić information content (AvgIpc) is 2.44. The second-order valence-electron chi connectivity index (χ2n) is 4.03. The predicted molar refractivity (Wildman–Crippen MR) is 70.5 cm³/mol. The molecule has 0 aliphatic carbocycles. The molecule has 1 heterocycles. The standard InChI is InChI=1S/C11H9Cl2FN2O3S/c12-8-1-2-9(10(13)11(8)14)20(17,18)16-3-4-19-7(5-15)6-16/h1-2,7H,3-4,6H2. The lowest BCUT2D eigenvalue weighted by atomic mass is 10.3. The number of nitriles is 1. The lowest BCUT2D eigenvalue weighted by molar-refractivity contribution is 0.0311. The summed E-state index contributed by atoms with van der Waals surface area (Å²) in [5.41, 5.74) is 0. The second kappa shape index (κ2) is 5.84. The molecule has 2 rings (SSSR count). The number of nitrogens with zero attached hydrogens (tertiary/aromatic N) is 2. The molecule has 0 N–H and O–H groups in total. The van der Waals surface area contributed by atoms with Crippen LogP contribution in [0.2, 0.25) is 10.0 Å². The van der Waals surface area contributed by atoms with Gasteiger partial charge in [-0.1, -0.05) is 23.2 Å². The van der Waals surface area contributed by atoms with E-state index >= 15 is 0 Å². The summed E-state index contributed by atoms with van der Waals surface area (Å²) >= 11 is 11.2. The molecule has 1 atom stereocenters. The first-order valence-corrected chi connectivity index (χ1v) is 7.72. The van der Waals surface area contributed by atoms with Crippen molar-refractivity contribution in [3.8, 4) is 6.07 Å². The Balaban J connectivity index is 2.41. The van der Waals surface area contributed by atoms with E-state index in [2.05, 4.69) is 0 Å². The van der Waals surface area contributed by atoms with Gasteiger partial charge < -0.3 is 4.74 Å².